The molecule has 1 amide bonds. The van der Waals surface area contributed by atoms with Crippen LogP contribution in [0.25, 0.3) is 11.1 Å². The first-order chi connectivity index (χ1) is 35.0. The lowest BCUT2D eigenvalue weighted by Crippen LogP contribution is -2.63. The number of hydrogen-bond donors (Lipinski definition) is 1. The number of hydrogen-bond acceptors (Lipinski definition) is 10. The predicted molar refractivity (Wildman–Crippen MR) is 269 cm³/mol. The maximum absolute atomic E-state index is 14.3. The Labute approximate surface area is 415 Å². The summed E-state index contributed by atoms with van der Waals surface area (Å²) in [6.45, 7) is 2.76. The molecule has 0 bridgehead atoms. The summed E-state index contributed by atoms with van der Waals surface area (Å²) >= 11 is 0. The molecule has 11 nitrogen and oxygen atoms in total. The average molecular weight is 954 g/mol. The molecule has 2 aliphatic rings. The van der Waals surface area contributed by atoms with Gasteiger partial charge in [-0.1, -0.05) is 200 Å². The van der Waals surface area contributed by atoms with Gasteiger partial charge in [0.1, 0.15) is 37.6 Å². The first kappa shape index (κ1) is 49.0. The molecule has 0 unspecified atom stereocenters. The fraction of sp³-hybridized carbons (Fsp3) is 0.267. The van der Waals surface area contributed by atoms with Gasteiger partial charge >= 0.3 is 12.1 Å². The Morgan fingerprint density at radius 3 is 1.41 bits per heavy atom. The van der Waals surface area contributed by atoms with Crippen molar-refractivity contribution in [1.82, 2.24) is 5.32 Å². The normalized spacial score (nSPS) is 19.2. The molecule has 1 saturated heterocycles. The highest BCUT2D eigenvalue weighted by atomic mass is 16.7. The number of benzene rings is 7. The molecule has 1 fully saturated rings. The van der Waals surface area contributed by atoms with Crippen molar-refractivity contribution in [3.63, 3.8) is 0 Å². The molecule has 71 heavy (non-hydrogen) atoms. The van der Waals surface area contributed by atoms with Crippen LogP contribution in [-0.2, 0) is 75.7 Å². The summed E-state index contributed by atoms with van der Waals surface area (Å²) in [6.07, 6.45) is -6.25. The third kappa shape index (κ3) is 13.1. The van der Waals surface area contributed by atoms with Crippen molar-refractivity contribution in [3.05, 3.63) is 239 Å². The summed E-state index contributed by atoms with van der Waals surface area (Å²) in [4.78, 5) is 28.4. The largest absolute Gasteiger partial charge is 0.459 e. The Morgan fingerprint density at radius 1 is 0.479 bits per heavy atom. The first-order valence-corrected chi connectivity index (χ1v) is 24.2. The maximum atomic E-state index is 14.3. The summed E-state index contributed by atoms with van der Waals surface area (Å²) in [5.74, 6) is -0.925. The minimum atomic E-state index is -1.35. The Hall–Kier alpha value is -6.96. The SMILES string of the molecule is C[C@@H](O[C@H]1O[C@H](COCc2ccccc2)[C@H](OCc2ccccc2)[C@H](OCc2ccccc2)[C@H]1OCc1ccccc1)[C@H](NC(=O)OCC1c2ccccc2-c2ccccc21)C(=O)OCc1ccccc1. The molecule has 1 aliphatic heterocycles. The van der Waals surface area contributed by atoms with Crippen molar-refractivity contribution in [1.29, 1.82) is 0 Å². The van der Waals surface area contributed by atoms with Crippen LogP contribution in [0, 0.1) is 0 Å². The van der Waals surface area contributed by atoms with Gasteiger partial charge in [-0.05, 0) is 57.0 Å². The van der Waals surface area contributed by atoms with Crippen LogP contribution in [0.1, 0.15) is 51.8 Å². The molecule has 1 heterocycles. The smallest absolute Gasteiger partial charge is 0.407 e. The molecule has 7 aromatic rings. The van der Waals surface area contributed by atoms with Crippen LogP contribution in [-0.4, -0.2) is 68.1 Å². The molecule has 1 aliphatic carbocycles. The number of fused-ring (bicyclic) bond motifs is 3. The fourth-order valence-electron chi connectivity index (χ4n) is 9.10. The molecule has 0 radical (unpaired) electrons. The Bertz CT molecular complexity index is 2680. The van der Waals surface area contributed by atoms with Gasteiger partial charge in [0.15, 0.2) is 12.3 Å². The molecule has 0 saturated carbocycles. The van der Waals surface area contributed by atoms with Crippen LogP contribution >= 0.6 is 0 Å². The van der Waals surface area contributed by atoms with Crippen molar-refractivity contribution in [2.75, 3.05) is 13.2 Å². The summed E-state index contributed by atoms with van der Waals surface area (Å²) in [5, 5.41) is 2.82. The van der Waals surface area contributed by atoms with Crippen molar-refractivity contribution in [2.24, 2.45) is 0 Å². The zero-order valence-electron chi connectivity index (χ0n) is 39.7. The van der Waals surface area contributed by atoms with Gasteiger partial charge in [0.25, 0.3) is 0 Å². The van der Waals surface area contributed by atoms with Gasteiger partial charge in [-0.15, -0.1) is 0 Å². The monoisotopic (exact) mass is 953 g/mol. The molecular formula is C60H59NO10. The van der Waals surface area contributed by atoms with E-state index in [-0.39, 0.29) is 45.6 Å². The summed E-state index contributed by atoms with van der Waals surface area (Å²) < 4.78 is 52.7. The van der Waals surface area contributed by atoms with E-state index in [0.29, 0.717) is 6.61 Å². The lowest BCUT2D eigenvalue weighted by atomic mass is 9.97. The molecule has 11 heteroatoms. The third-order valence-corrected chi connectivity index (χ3v) is 12.8. The van der Waals surface area contributed by atoms with Crippen molar-refractivity contribution in [2.45, 2.75) is 88.7 Å². The van der Waals surface area contributed by atoms with E-state index in [2.05, 4.69) is 29.6 Å². The van der Waals surface area contributed by atoms with E-state index in [9.17, 15) is 9.59 Å². The van der Waals surface area contributed by atoms with E-state index in [4.69, 9.17) is 37.9 Å². The highest BCUT2D eigenvalue weighted by Gasteiger charge is 2.50. The Kier molecular flexibility index (Phi) is 17.1. The van der Waals surface area contributed by atoms with Crippen LogP contribution in [0.2, 0.25) is 0 Å². The van der Waals surface area contributed by atoms with Crippen molar-refractivity contribution in [3.8, 4) is 11.1 Å². The summed E-state index contributed by atoms with van der Waals surface area (Å²) in [6, 6.07) is 63.6. The van der Waals surface area contributed by atoms with E-state index in [1.54, 1.807) is 6.92 Å². The van der Waals surface area contributed by atoms with Crippen LogP contribution in [0.3, 0.4) is 0 Å². The standard InChI is InChI=1S/C60H59NO10/c1-42(54(58(62)68-39-47-29-15-6-16-30-47)61-60(63)69-40-52-50-33-19-17-31-48(50)49-32-18-20-34-51(49)52)70-59-57(67-38-46-27-13-5-14-28-46)56(66-37-45-25-11-4-12-26-45)55(65-36-44-23-9-3-10-24-44)53(71-59)41-64-35-43-21-7-2-8-22-43/h2-34,42,52-57,59H,35-41H2,1H3,(H,61,63)/t42-,53-,54+,55+,56+,57-,59+/m1/s1. The van der Waals surface area contributed by atoms with Crippen LogP contribution in [0.4, 0.5) is 4.79 Å². The van der Waals surface area contributed by atoms with Crippen LogP contribution < -0.4 is 5.32 Å². The second kappa shape index (κ2) is 24.7. The third-order valence-electron chi connectivity index (χ3n) is 12.8. The van der Waals surface area contributed by atoms with E-state index in [0.717, 1.165) is 50.1 Å². The second-order valence-electron chi connectivity index (χ2n) is 17.7. The molecule has 9 rings (SSSR count). The number of esters is 1. The lowest BCUT2D eigenvalue weighted by molar-refractivity contribution is -0.336. The van der Waals surface area contributed by atoms with Gasteiger partial charge in [-0.25, -0.2) is 9.59 Å². The van der Waals surface area contributed by atoms with E-state index in [1.807, 2.05) is 176 Å². The topological polar surface area (TPSA) is 120 Å². The minimum absolute atomic E-state index is 0.0331. The zero-order chi connectivity index (χ0) is 48.6. The van der Waals surface area contributed by atoms with Crippen molar-refractivity contribution >= 4 is 12.1 Å². The van der Waals surface area contributed by atoms with Gasteiger partial charge < -0.3 is 43.2 Å². The Balaban J connectivity index is 1.01. The molecule has 7 atom stereocenters. The number of alkyl carbamates (subject to hydrolysis) is 1. The van der Waals surface area contributed by atoms with E-state index < -0.39 is 54.9 Å². The predicted octanol–water partition coefficient (Wildman–Crippen LogP) is 10.7. The zero-order valence-corrected chi connectivity index (χ0v) is 39.7. The van der Waals surface area contributed by atoms with E-state index in [1.165, 1.54) is 0 Å². The molecular weight excluding hydrogens is 895 g/mol. The van der Waals surface area contributed by atoms with Gasteiger partial charge in [0.05, 0.1) is 39.1 Å². The number of rotatable bonds is 22. The molecule has 364 valence electrons. The molecule has 0 aromatic heterocycles. The highest BCUT2D eigenvalue weighted by molar-refractivity contribution is 5.82. The van der Waals surface area contributed by atoms with Gasteiger partial charge in [-0.3, -0.25) is 0 Å². The number of amides is 1. The van der Waals surface area contributed by atoms with Crippen molar-refractivity contribution < 1.29 is 47.5 Å². The average Bonchev–Trinajstić information content (AvgIpc) is 3.74. The number of nitrogens with one attached hydrogen (secondary N) is 1. The van der Waals surface area contributed by atoms with Crippen LogP contribution in [0.5, 0.6) is 0 Å². The highest BCUT2D eigenvalue weighted by Crippen LogP contribution is 2.44. The number of carbonyl (C=O) groups excluding carboxylic acids is 2. The van der Waals surface area contributed by atoms with Crippen LogP contribution in [0.15, 0.2) is 200 Å². The number of carbonyl (C=O) groups is 2. The van der Waals surface area contributed by atoms with Gasteiger partial charge in [-0.2, -0.15) is 0 Å². The summed E-state index contributed by atoms with van der Waals surface area (Å²) in [7, 11) is 0. The maximum Gasteiger partial charge on any atom is 0.407 e. The fourth-order valence-corrected chi connectivity index (χ4v) is 9.10. The molecule has 0 spiro atoms. The summed E-state index contributed by atoms with van der Waals surface area (Å²) in [5.41, 5.74) is 8.90. The van der Waals surface area contributed by atoms with Gasteiger partial charge in [0, 0.05) is 5.92 Å². The minimum Gasteiger partial charge on any atom is -0.459 e. The number of ether oxygens (including phenoxy) is 8. The lowest BCUT2D eigenvalue weighted by Gasteiger charge is -2.46. The Morgan fingerprint density at radius 2 is 0.901 bits per heavy atom. The molecule has 7 aromatic carbocycles. The molecule has 1 N–H and O–H groups in total. The first-order valence-electron chi connectivity index (χ1n) is 24.2. The second-order valence-corrected chi connectivity index (χ2v) is 17.7. The van der Waals surface area contributed by atoms with E-state index >= 15 is 0 Å². The quantitative estimate of drug-likeness (QED) is 0.0658. The van der Waals surface area contributed by atoms with Gasteiger partial charge in [0.2, 0.25) is 0 Å².